The summed E-state index contributed by atoms with van der Waals surface area (Å²) in [7, 11) is 1.65. The van der Waals surface area contributed by atoms with Gasteiger partial charge < -0.3 is 10.5 Å². The number of hydrogen-bond donors (Lipinski definition) is 1. The lowest BCUT2D eigenvalue weighted by Gasteiger charge is -2.12. The summed E-state index contributed by atoms with van der Waals surface area (Å²) in [5.74, 6) is 0.840. The summed E-state index contributed by atoms with van der Waals surface area (Å²) in [4.78, 5) is 1.04. The highest BCUT2D eigenvalue weighted by Gasteiger charge is 2.14. The fourth-order valence-electron chi connectivity index (χ4n) is 1.76. The molecule has 1 aromatic heterocycles. The minimum atomic E-state index is -0.0998. The van der Waals surface area contributed by atoms with Crippen molar-refractivity contribution in [3.05, 3.63) is 50.1 Å². The van der Waals surface area contributed by atoms with Gasteiger partial charge >= 0.3 is 0 Å². The minimum absolute atomic E-state index is 0.0998. The van der Waals surface area contributed by atoms with E-state index in [1.54, 1.807) is 24.5 Å². The fourth-order valence-corrected chi connectivity index (χ4v) is 2.95. The van der Waals surface area contributed by atoms with Gasteiger partial charge in [-0.15, -0.1) is 11.3 Å². The van der Waals surface area contributed by atoms with Gasteiger partial charge in [0, 0.05) is 6.04 Å². The van der Waals surface area contributed by atoms with Gasteiger partial charge in [0.1, 0.15) is 5.75 Å². The van der Waals surface area contributed by atoms with E-state index >= 15 is 0 Å². The van der Waals surface area contributed by atoms with Crippen molar-refractivity contribution < 1.29 is 4.74 Å². The van der Waals surface area contributed by atoms with Crippen LogP contribution in [0.4, 0.5) is 0 Å². The zero-order valence-corrected chi connectivity index (χ0v) is 12.1. The molecule has 96 valence electrons. The summed E-state index contributed by atoms with van der Waals surface area (Å²) in [6, 6.07) is 7.40. The first-order chi connectivity index (χ1) is 8.61. The molecule has 2 rings (SSSR count). The van der Waals surface area contributed by atoms with Crippen LogP contribution < -0.4 is 10.5 Å². The number of rotatable bonds is 4. The third kappa shape index (κ3) is 2.98. The molecule has 0 fully saturated rings. The van der Waals surface area contributed by atoms with Crippen molar-refractivity contribution in [1.82, 2.24) is 0 Å². The number of halogens is 2. The predicted molar refractivity (Wildman–Crippen MR) is 78.0 cm³/mol. The van der Waals surface area contributed by atoms with Gasteiger partial charge in [0.25, 0.3) is 0 Å². The number of ether oxygens (including phenoxy) is 1. The van der Waals surface area contributed by atoms with Crippen molar-refractivity contribution in [3.8, 4) is 5.75 Å². The Morgan fingerprint density at radius 2 is 2.06 bits per heavy atom. The van der Waals surface area contributed by atoms with Gasteiger partial charge in [0.15, 0.2) is 0 Å². The van der Waals surface area contributed by atoms with Crippen molar-refractivity contribution in [2.75, 3.05) is 7.11 Å². The molecule has 0 spiro atoms. The number of hydrogen-bond acceptors (Lipinski definition) is 3. The maximum Gasteiger partial charge on any atom is 0.134 e. The molecule has 0 bridgehead atoms. The number of nitrogens with two attached hydrogens (primary N) is 1. The molecule has 1 unspecified atom stereocenters. The van der Waals surface area contributed by atoms with Crippen LogP contribution in [0.15, 0.2) is 29.6 Å². The SMILES string of the molecule is COc1ccsc1C(N)Cc1ccc(Cl)c(Cl)c1. The van der Waals surface area contributed by atoms with Crippen LogP contribution >= 0.6 is 34.5 Å². The summed E-state index contributed by atoms with van der Waals surface area (Å²) >= 11 is 13.5. The maximum absolute atomic E-state index is 6.19. The molecule has 0 aliphatic carbocycles. The number of methoxy groups -OCH3 is 1. The highest BCUT2D eigenvalue weighted by atomic mass is 35.5. The molecule has 0 saturated carbocycles. The smallest absolute Gasteiger partial charge is 0.134 e. The highest BCUT2D eigenvalue weighted by molar-refractivity contribution is 7.10. The second-order valence-corrected chi connectivity index (χ2v) is 5.67. The van der Waals surface area contributed by atoms with E-state index in [9.17, 15) is 0 Å². The van der Waals surface area contributed by atoms with Crippen molar-refractivity contribution in [1.29, 1.82) is 0 Å². The summed E-state index contributed by atoms with van der Waals surface area (Å²) in [5.41, 5.74) is 7.25. The Bertz CT molecular complexity index is 542. The lowest BCUT2D eigenvalue weighted by atomic mass is 10.1. The quantitative estimate of drug-likeness (QED) is 0.913. The summed E-state index contributed by atoms with van der Waals surface area (Å²) in [6.45, 7) is 0. The molecule has 0 aliphatic rings. The van der Waals surface area contributed by atoms with E-state index in [1.165, 1.54) is 0 Å². The molecule has 2 nitrogen and oxygen atoms in total. The highest BCUT2D eigenvalue weighted by Crippen LogP contribution is 2.32. The first-order valence-corrected chi connectivity index (χ1v) is 7.06. The Balaban J connectivity index is 2.16. The van der Waals surface area contributed by atoms with E-state index in [-0.39, 0.29) is 6.04 Å². The van der Waals surface area contributed by atoms with E-state index in [1.807, 2.05) is 23.6 Å². The molecule has 0 saturated heterocycles. The van der Waals surface area contributed by atoms with Crippen LogP contribution in [0.3, 0.4) is 0 Å². The van der Waals surface area contributed by atoms with Crippen LogP contribution in [0.5, 0.6) is 5.75 Å². The molecule has 2 N–H and O–H groups in total. The second kappa shape index (κ2) is 5.93. The lowest BCUT2D eigenvalue weighted by Crippen LogP contribution is -2.12. The largest absolute Gasteiger partial charge is 0.496 e. The third-order valence-corrected chi connectivity index (χ3v) is 4.42. The Hall–Kier alpha value is -0.740. The van der Waals surface area contributed by atoms with Crippen LogP contribution in [0.1, 0.15) is 16.5 Å². The first-order valence-electron chi connectivity index (χ1n) is 5.42. The molecule has 5 heteroatoms. The van der Waals surface area contributed by atoms with Crippen LogP contribution in [0, 0.1) is 0 Å². The number of benzene rings is 1. The summed E-state index contributed by atoms with van der Waals surface area (Å²) in [6.07, 6.45) is 0.702. The minimum Gasteiger partial charge on any atom is -0.496 e. The van der Waals surface area contributed by atoms with Gasteiger partial charge in [0.2, 0.25) is 0 Å². The van der Waals surface area contributed by atoms with Gasteiger partial charge in [-0.2, -0.15) is 0 Å². The normalized spacial score (nSPS) is 12.4. The van der Waals surface area contributed by atoms with Crippen molar-refractivity contribution >= 4 is 34.5 Å². The van der Waals surface area contributed by atoms with Crippen LogP contribution in [0.25, 0.3) is 0 Å². The lowest BCUT2D eigenvalue weighted by molar-refractivity contribution is 0.409. The zero-order chi connectivity index (χ0) is 13.1. The first kappa shape index (κ1) is 13.7. The van der Waals surface area contributed by atoms with Gasteiger partial charge in [0.05, 0.1) is 22.0 Å². The van der Waals surface area contributed by atoms with E-state index in [2.05, 4.69) is 0 Å². The Kier molecular flexibility index (Phi) is 4.51. The summed E-state index contributed by atoms with van der Waals surface area (Å²) < 4.78 is 5.27. The Morgan fingerprint density at radius 3 is 2.72 bits per heavy atom. The maximum atomic E-state index is 6.19. The van der Waals surface area contributed by atoms with E-state index in [0.29, 0.717) is 16.5 Å². The molecule has 0 aliphatic heterocycles. The molecule has 18 heavy (non-hydrogen) atoms. The van der Waals surface area contributed by atoms with E-state index < -0.39 is 0 Å². The van der Waals surface area contributed by atoms with Gasteiger partial charge in [-0.3, -0.25) is 0 Å². The van der Waals surface area contributed by atoms with Crippen molar-refractivity contribution in [2.24, 2.45) is 5.73 Å². The molecular formula is C13H13Cl2NOS. The Labute approximate surface area is 120 Å². The fraction of sp³-hybridized carbons (Fsp3) is 0.231. The average molecular weight is 302 g/mol. The van der Waals surface area contributed by atoms with E-state index in [4.69, 9.17) is 33.7 Å². The molecule has 0 amide bonds. The van der Waals surface area contributed by atoms with Gasteiger partial charge in [-0.05, 0) is 35.6 Å². The Morgan fingerprint density at radius 1 is 1.28 bits per heavy atom. The summed E-state index contributed by atoms with van der Waals surface area (Å²) in [5, 5.41) is 3.09. The van der Waals surface area contributed by atoms with Crippen molar-refractivity contribution in [2.45, 2.75) is 12.5 Å². The van der Waals surface area contributed by atoms with E-state index in [0.717, 1.165) is 16.2 Å². The van der Waals surface area contributed by atoms with Crippen LogP contribution in [0.2, 0.25) is 10.0 Å². The standard InChI is InChI=1S/C13H13Cl2NOS/c1-17-12-4-5-18-13(12)11(16)7-8-2-3-9(14)10(15)6-8/h2-6,11H,7,16H2,1H3. The monoisotopic (exact) mass is 301 g/mol. The molecular weight excluding hydrogens is 289 g/mol. The third-order valence-electron chi connectivity index (χ3n) is 2.65. The molecule has 1 aromatic carbocycles. The second-order valence-electron chi connectivity index (χ2n) is 3.91. The van der Waals surface area contributed by atoms with Crippen LogP contribution in [-0.2, 0) is 6.42 Å². The molecule has 0 radical (unpaired) electrons. The van der Waals surface area contributed by atoms with Crippen LogP contribution in [-0.4, -0.2) is 7.11 Å². The van der Waals surface area contributed by atoms with Gasteiger partial charge in [-0.25, -0.2) is 0 Å². The average Bonchev–Trinajstić information content (AvgIpc) is 2.82. The number of thiophene rings is 1. The topological polar surface area (TPSA) is 35.2 Å². The molecule has 1 atom stereocenters. The van der Waals surface area contributed by atoms with Gasteiger partial charge in [-0.1, -0.05) is 29.3 Å². The van der Waals surface area contributed by atoms with Crippen molar-refractivity contribution in [3.63, 3.8) is 0 Å². The molecule has 1 heterocycles. The predicted octanol–water partition coefficient (Wildman–Crippen LogP) is 4.31. The molecule has 2 aromatic rings. The zero-order valence-electron chi connectivity index (χ0n) is 9.82.